The van der Waals surface area contributed by atoms with E-state index in [0.717, 1.165) is 0 Å². The Bertz CT molecular complexity index is 408. The number of carbonyl (C=O) groups excluding carboxylic acids is 1. The highest BCUT2D eigenvalue weighted by Gasteiger charge is 2.18. The first kappa shape index (κ1) is 10.3. The van der Waals surface area contributed by atoms with Gasteiger partial charge in [0.1, 0.15) is 0 Å². The summed E-state index contributed by atoms with van der Waals surface area (Å²) in [6.07, 6.45) is 1.48. The molecule has 1 aromatic rings. The van der Waals surface area contributed by atoms with Crippen LogP contribution in [0.5, 0.6) is 5.88 Å². The Morgan fingerprint density at radius 3 is 2.57 bits per heavy atom. The molecule has 0 aliphatic carbocycles. The zero-order chi connectivity index (χ0) is 10.7. The average Bonchev–Trinajstić information content (AvgIpc) is 2.20. The van der Waals surface area contributed by atoms with Crippen LogP contribution >= 0.6 is 0 Å². The molecule has 1 N–H and O–H groups in total. The third kappa shape index (κ3) is 1.61. The van der Waals surface area contributed by atoms with Crippen LogP contribution in [-0.2, 0) is 4.74 Å². The summed E-state index contributed by atoms with van der Waals surface area (Å²) in [4.78, 5) is 25.5. The van der Waals surface area contributed by atoms with Crippen LogP contribution < -0.4 is 10.2 Å². The van der Waals surface area contributed by atoms with Crippen LogP contribution in [0.1, 0.15) is 15.9 Å². The first-order chi connectivity index (χ1) is 6.61. The van der Waals surface area contributed by atoms with Crippen molar-refractivity contribution in [1.29, 1.82) is 0 Å². The molecule has 1 heterocycles. The molecule has 76 valence electrons. The SMILES string of the molecule is COC(=O)c1c(OC)[nH]cc(C)c1=O. The lowest BCUT2D eigenvalue weighted by Gasteiger charge is -2.06. The highest BCUT2D eigenvalue weighted by molar-refractivity contribution is 5.91. The summed E-state index contributed by atoms with van der Waals surface area (Å²) in [5, 5.41) is 0. The number of pyridine rings is 1. The molecule has 14 heavy (non-hydrogen) atoms. The number of carbonyl (C=O) groups is 1. The van der Waals surface area contributed by atoms with E-state index in [4.69, 9.17) is 4.74 Å². The number of rotatable bonds is 2. The molecule has 0 unspecified atom stereocenters. The molecule has 0 aliphatic heterocycles. The Morgan fingerprint density at radius 1 is 1.43 bits per heavy atom. The highest BCUT2D eigenvalue weighted by Crippen LogP contribution is 2.11. The maximum Gasteiger partial charge on any atom is 0.347 e. The number of hydrogen-bond acceptors (Lipinski definition) is 4. The van der Waals surface area contributed by atoms with Gasteiger partial charge in [0.25, 0.3) is 0 Å². The molecular formula is C9H11NO4. The van der Waals surface area contributed by atoms with Crippen molar-refractivity contribution in [2.24, 2.45) is 0 Å². The second kappa shape index (κ2) is 3.95. The molecule has 5 heteroatoms. The largest absolute Gasteiger partial charge is 0.482 e. The Labute approximate surface area is 80.7 Å². The number of nitrogens with one attached hydrogen (secondary N) is 1. The maximum absolute atomic E-state index is 11.5. The van der Waals surface area contributed by atoms with Crippen LogP contribution in [0.25, 0.3) is 0 Å². The molecule has 0 radical (unpaired) electrons. The lowest BCUT2D eigenvalue weighted by Crippen LogP contribution is -2.20. The smallest absolute Gasteiger partial charge is 0.347 e. The minimum absolute atomic E-state index is 0.102. The number of methoxy groups -OCH3 is 2. The topological polar surface area (TPSA) is 68.4 Å². The summed E-state index contributed by atoms with van der Waals surface area (Å²) in [6, 6.07) is 0. The van der Waals surface area contributed by atoms with Gasteiger partial charge in [-0.15, -0.1) is 0 Å². The van der Waals surface area contributed by atoms with Gasteiger partial charge in [-0.2, -0.15) is 0 Å². The van der Waals surface area contributed by atoms with Crippen molar-refractivity contribution < 1.29 is 14.3 Å². The van der Waals surface area contributed by atoms with Crippen molar-refractivity contribution in [3.63, 3.8) is 0 Å². The molecule has 0 saturated heterocycles. The number of hydrogen-bond donors (Lipinski definition) is 1. The standard InChI is InChI=1S/C9H11NO4/c1-5-4-10-8(13-2)6(7(5)11)9(12)14-3/h4H,1-3H3,(H,10,11). The average molecular weight is 197 g/mol. The molecule has 0 aliphatic rings. The summed E-state index contributed by atoms with van der Waals surface area (Å²) >= 11 is 0. The van der Waals surface area contributed by atoms with Crippen molar-refractivity contribution in [3.05, 3.63) is 27.5 Å². The van der Waals surface area contributed by atoms with Gasteiger partial charge < -0.3 is 14.5 Å². The highest BCUT2D eigenvalue weighted by atomic mass is 16.5. The summed E-state index contributed by atoms with van der Waals surface area (Å²) in [7, 11) is 2.58. The van der Waals surface area contributed by atoms with Crippen LogP contribution in [0, 0.1) is 6.92 Å². The van der Waals surface area contributed by atoms with Crippen LogP contribution in [0.3, 0.4) is 0 Å². The van der Waals surface area contributed by atoms with Gasteiger partial charge in [-0.05, 0) is 6.92 Å². The fraction of sp³-hybridized carbons (Fsp3) is 0.333. The number of aromatic nitrogens is 1. The Hall–Kier alpha value is -1.78. The molecule has 0 fully saturated rings. The summed E-state index contributed by atoms with van der Waals surface area (Å²) in [5.41, 5.74) is -0.0475. The van der Waals surface area contributed by atoms with Gasteiger partial charge in [0.2, 0.25) is 11.3 Å². The molecule has 1 aromatic heterocycles. The van der Waals surface area contributed by atoms with Crippen LogP contribution in [0.4, 0.5) is 0 Å². The fourth-order valence-electron chi connectivity index (χ4n) is 1.06. The normalized spacial score (nSPS) is 9.64. The Morgan fingerprint density at radius 2 is 2.07 bits per heavy atom. The minimum Gasteiger partial charge on any atom is -0.482 e. The molecule has 5 nitrogen and oxygen atoms in total. The number of esters is 1. The van der Waals surface area contributed by atoms with Crippen molar-refractivity contribution >= 4 is 5.97 Å². The van der Waals surface area contributed by atoms with Gasteiger partial charge in [0, 0.05) is 11.8 Å². The van der Waals surface area contributed by atoms with Crippen LogP contribution in [0.2, 0.25) is 0 Å². The number of aryl methyl sites for hydroxylation is 1. The molecule has 0 atom stereocenters. The molecule has 0 spiro atoms. The summed E-state index contributed by atoms with van der Waals surface area (Å²) in [6.45, 7) is 1.60. The van der Waals surface area contributed by atoms with Crippen LogP contribution in [-0.4, -0.2) is 25.2 Å². The van der Waals surface area contributed by atoms with E-state index in [1.807, 2.05) is 0 Å². The second-order valence-electron chi connectivity index (χ2n) is 2.70. The quantitative estimate of drug-likeness (QED) is 0.700. The minimum atomic E-state index is -0.702. The summed E-state index contributed by atoms with van der Waals surface area (Å²) < 4.78 is 9.32. The van der Waals surface area contributed by atoms with E-state index in [9.17, 15) is 9.59 Å². The van der Waals surface area contributed by atoms with Crippen molar-refractivity contribution in [2.75, 3.05) is 14.2 Å². The second-order valence-corrected chi connectivity index (χ2v) is 2.70. The van der Waals surface area contributed by atoms with E-state index in [0.29, 0.717) is 5.56 Å². The summed E-state index contributed by atoms with van der Waals surface area (Å²) in [5.74, 6) is -0.584. The zero-order valence-electron chi connectivity index (χ0n) is 8.21. The van der Waals surface area contributed by atoms with Crippen molar-refractivity contribution in [2.45, 2.75) is 6.92 Å². The zero-order valence-corrected chi connectivity index (χ0v) is 8.21. The lowest BCUT2D eigenvalue weighted by molar-refractivity contribution is 0.0594. The molecule has 0 saturated carbocycles. The van der Waals surface area contributed by atoms with E-state index in [-0.39, 0.29) is 16.9 Å². The van der Waals surface area contributed by atoms with Gasteiger partial charge in [-0.3, -0.25) is 4.79 Å². The van der Waals surface area contributed by atoms with Gasteiger partial charge in [-0.25, -0.2) is 4.79 Å². The third-order valence-corrected chi connectivity index (χ3v) is 1.83. The van der Waals surface area contributed by atoms with Gasteiger partial charge in [-0.1, -0.05) is 0 Å². The Kier molecular flexibility index (Phi) is 2.91. The number of aromatic amines is 1. The number of ether oxygens (including phenoxy) is 2. The molecular weight excluding hydrogens is 186 g/mol. The monoisotopic (exact) mass is 197 g/mol. The van der Waals surface area contributed by atoms with E-state index >= 15 is 0 Å². The first-order valence-electron chi connectivity index (χ1n) is 3.96. The van der Waals surface area contributed by atoms with E-state index in [2.05, 4.69) is 9.72 Å². The van der Waals surface area contributed by atoms with Gasteiger partial charge >= 0.3 is 5.97 Å². The Balaban J connectivity index is 3.43. The van der Waals surface area contributed by atoms with Crippen molar-refractivity contribution in [1.82, 2.24) is 4.98 Å². The van der Waals surface area contributed by atoms with Crippen LogP contribution in [0.15, 0.2) is 11.0 Å². The lowest BCUT2D eigenvalue weighted by atomic mass is 10.2. The molecule has 1 rings (SSSR count). The number of H-pyrrole nitrogens is 1. The molecule has 0 bridgehead atoms. The van der Waals surface area contributed by atoms with E-state index < -0.39 is 5.97 Å². The fourth-order valence-corrected chi connectivity index (χ4v) is 1.06. The van der Waals surface area contributed by atoms with Gasteiger partial charge in [0.15, 0.2) is 5.56 Å². The molecule has 0 amide bonds. The predicted octanol–water partition coefficient (Wildman–Crippen LogP) is 0.479. The van der Waals surface area contributed by atoms with Crippen molar-refractivity contribution in [3.8, 4) is 5.88 Å². The predicted molar refractivity (Wildman–Crippen MR) is 49.7 cm³/mol. The van der Waals surface area contributed by atoms with Gasteiger partial charge in [0.05, 0.1) is 14.2 Å². The molecule has 0 aromatic carbocycles. The van der Waals surface area contributed by atoms with E-state index in [1.165, 1.54) is 20.4 Å². The third-order valence-electron chi connectivity index (χ3n) is 1.83. The maximum atomic E-state index is 11.5. The van der Waals surface area contributed by atoms with E-state index in [1.54, 1.807) is 6.92 Å². The first-order valence-corrected chi connectivity index (χ1v) is 3.96.